The zero-order valence-electron chi connectivity index (χ0n) is 10.1. The zero-order valence-corrected chi connectivity index (χ0v) is 10.9. The Labute approximate surface area is 119 Å². The smallest absolute Gasteiger partial charge is 0.349 e. The molecule has 1 aromatic rings. The molecule has 2 aliphatic rings. The molecule has 0 saturated carbocycles. The van der Waals surface area contributed by atoms with Gasteiger partial charge in [-0.25, -0.2) is 4.79 Å². The number of ketones is 1. The lowest BCUT2D eigenvalue weighted by molar-refractivity contribution is -0.130. The van der Waals surface area contributed by atoms with Gasteiger partial charge in [0, 0.05) is 6.20 Å². The summed E-state index contributed by atoms with van der Waals surface area (Å²) in [7, 11) is 0. The van der Waals surface area contributed by atoms with E-state index in [2.05, 4.69) is 5.32 Å². The number of benzene rings is 1. The number of nitrogens with zero attached hydrogens (tertiary/aromatic N) is 1. The first-order valence-electron chi connectivity index (χ1n) is 5.75. The Morgan fingerprint density at radius 1 is 1.25 bits per heavy atom. The van der Waals surface area contributed by atoms with Gasteiger partial charge in [0.1, 0.15) is 11.3 Å². The Bertz CT molecular complexity index is 679. The molecule has 0 aliphatic carbocycles. The first kappa shape index (κ1) is 12.5. The molecule has 20 heavy (non-hydrogen) atoms. The maximum Gasteiger partial charge on any atom is 0.349 e. The molecule has 7 heteroatoms. The van der Waals surface area contributed by atoms with E-state index in [-0.39, 0.29) is 34.5 Å². The van der Waals surface area contributed by atoms with E-state index in [4.69, 9.17) is 17.0 Å². The number of rotatable bonds is 1. The number of ether oxygens (including phenoxy) is 1. The average Bonchev–Trinajstić information content (AvgIpc) is 2.74. The van der Waals surface area contributed by atoms with E-state index in [1.165, 1.54) is 6.07 Å². The van der Waals surface area contributed by atoms with Crippen molar-refractivity contribution in [3.8, 4) is 5.75 Å². The number of Topliss-reactive ketones (excluding diaryl/α,β-unsaturated/α-hetero) is 1. The van der Waals surface area contributed by atoms with Crippen molar-refractivity contribution in [1.29, 1.82) is 0 Å². The van der Waals surface area contributed by atoms with Gasteiger partial charge in [0.25, 0.3) is 5.91 Å². The molecule has 6 nitrogen and oxygen atoms in total. The van der Waals surface area contributed by atoms with Gasteiger partial charge in [-0.1, -0.05) is 12.1 Å². The number of thiocarbonyl (C=S) groups is 1. The molecular weight excluding hydrogens is 280 g/mol. The summed E-state index contributed by atoms with van der Waals surface area (Å²) in [5, 5.41) is 2.81. The van der Waals surface area contributed by atoms with Crippen LogP contribution >= 0.6 is 12.2 Å². The highest BCUT2D eigenvalue weighted by atomic mass is 32.1. The van der Waals surface area contributed by atoms with E-state index >= 15 is 0 Å². The Balaban J connectivity index is 2.03. The summed E-state index contributed by atoms with van der Waals surface area (Å²) in [4.78, 5) is 36.8. The SMILES string of the molecule is O=C1Oc2ccccc2C(=O)C1=CN1C(=O)CNC1=S. The molecule has 0 spiro atoms. The van der Waals surface area contributed by atoms with Crippen molar-refractivity contribution in [3.63, 3.8) is 0 Å². The second-order valence-corrected chi connectivity index (χ2v) is 4.57. The van der Waals surface area contributed by atoms with Crippen LogP contribution in [0.3, 0.4) is 0 Å². The predicted octanol–water partition coefficient (Wildman–Crippen LogP) is 0.389. The summed E-state index contributed by atoms with van der Waals surface area (Å²) < 4.78 is 5.07. The lowest BCUT2D eigenvalue weighted by Crippen LogP contribution is -2.31. The van der Waals surface area contributed by atoms with Crippen LogP contribution in [-0.4, -0.2) is 34.2 Å². The van der Waals surface area contributed by atoms with Crippen LogP contribution in [0.5, 0.6) is 5.75 Å². The Morgan fingerprint density at radius 2 is 2.00 bits per heavy atom. The number of hydrogen-bond acceptors (Lipinski definition) is 5. The number of fused-ring (bicyclic) bond motifs is 1. The second-order valence-electron chi connectivity index (χ2n) is 4.18. The van der Waals surface area contributed by atoms with E-state index in [1.54, 1.807) is 18.2 Å². The third-order valence-electron chi connectivity index (χ3n) is 2.94. The van der Waals surface area contributed by atoms with Crippen molar-refractivity contribution < 1.29 is 19.1 Å². The molecule has 1 saturated heterocycles. The molecule has 2 heterocycles. The summed E-state index contributed by atoms with van der Waals surface area (Å²) in [5.41, 5.74) is 0.0620. The first-order chi connectivity index (χ1) is 9.58. The van der Waals surface area contributed by atoms with Crippen molar-refractivity contribution in [3.05, 3.63) is 41.6 Å². The van der Waals surface area contributed by atoms with E-state index in [0.29, 0.717) is 0 Å². The fraction of sp³-hybridized carbons (Fsp3) is 0.0769. The van der Waals surface area contributed by atoms with E-state index in [0.717, 1.165) is 11.1 Å². The fourth-order valence-electron chi connectivity index (χ4n) is 1.94. The van der Waals surface area contributed by atoms with Gasteiger partial charge in [0.2, 0.25) is 5.78 Å². The minimum atomic E-state index is -0.795. The number of amides is 1. The van der Waals surface area contributed by atoms with E-state index in [1.807, 2.05) is 0 Å². The standard InChI is InChI=1S/C13H8N2O4S/c16-10-5-14-13(20)15(10)6-8-11(17)7-3-1-2-4-9(7)19-12(8)18/h1-4,6H,5H2,(H,14,20). The number of carbonyl (C=O) groups is 3. The minimum absolute atomic E-state index is 0.0441. The van der Waals surface area contributed by atoms with Crippen LogP contribution in [0.25, 0.3) is 0 Å². The third-order valence-corrected chi connectivity index (χ3v) is 3.28. The van der Waals surface area contributed by atoms with Crippen LogP contribution in [0.2, 0.25) is 0 Å². The molecule has 1 aromatic carbocycles. The van der Waals surface area contributed by atoms with Crippen LogP contribution < -0.4 is 10.1 Å². The fourth-order valence-corrected chi connectivity index (χ4v) is 2.17. The number of hydrogen-bond donors (Lipinski definition) is 1. The molecule has 0 radical (unpaired) electrons. The van der Waals surface area contributed by atoms with Gasteiger partial charge >= 0.3 is 5.97 Å². The number of carbonyl (C=O) groups excluding carboxylic acids is 3. The second kappa shape index (κ2) is 4.53. The third kappa shape index (κ3) is 1.88. The lowest BCUT2D eigenvalue weighted by atomic mass is 10.0. The largest absolute Gasteiger partial charge is 0.422 e. The molecule has 1 N–H and O–H groups in total. The first-order valence-corrected chi connectivity index (χ1v) is 6.16. The van der Waals surface area contributed by atoms with Gasteiger partial charge in [0.05, 0.1) is 12.1 Å². The van der Waals surface area contributed by atoms with Crippen molar-refractivity contribution in [2.45, 2.75) is 0 Å². The maximum absolute atomic E-state index is 12.3. The van der Waals surface area contributed by atoms with Gasteiger partial charge < -0.3 is 10.1 Å². The summed E-state index contributed by atoms with van der Waals surface area (Å²) in [5.74, 6) is -1.40. The van der Waals surface area contributed by atoms with Crippen LogP contribution in [0.4, 0.5) is 0 Å². The van der Waals surface area contributed by atoms with Gasteiger partial charge in [-0.15, -0.1) is 0 Å². The Kier molecular flexibility index (Phi) is 2.83. The number of nitrogens with one attached hydrogen (secondary N) is 1. The summed E-state index contributed by atoms with van der Waals surface area (Å²) in [6.07, 6.45) is 1.13. The van der Waals surface area contributed by atoms with Crippen molar-refractivity contribution in [2.75, 3.05) is 6.54 Å². The summed E-state index contributed by atoms with van der Waals surface area (Å²) >= 11 is 4.93. The molecule has 0 bridgehead atoms. The quantitative estimate of drug-likeness (QED) is 0.265. The zero-order chi connectivity index (χ0) is 14.3. The molecule has 1 fully saturated rings. The molecule has 100 valence electrons. The Morgan fingerprint density at radius 3 is 2.70 bits per heavy atom. The molecule has 0 atom stereocenters. The van der Waals surface area contributed by atoms with Crippen LogP contribution in [0, 0.1) is 0 Å². The van der Waals surface area contributed by atoms with E-state index in [9.17, 15) is 14.4 Å². The lowest BCUT2D eigenvalue weighted by Gasteiger charge is -2.18. The molecule has 2 aliphatic heterocycles. The molecule has 3 rings (SSSR count). The molecule has 0 aromatic heterocycles. The molecule has 0 unspecified atom stereocenters. The van der Waals surface area contributed by atoms with Gasteiger partial charge in [0.15, 0.2) is 5.11 Å². The normalized spacial score (nSPS) is 20.0. The van der Waals surface area contributed by atoms with E-state index < -0.39 is 11.8 Å². The highest BCUT2D eigenvalue weighted by Crippen LogP contribution is 2.27. The van der Waals surface area contributed by atoms with Crippen molar-refractivity contribution in [2.24, 2.45) is 0 Å². The monoisotopic (exact) mass is 288 g/mol. The molecular formula is C13H8N2O4S. The minimum Gasteiger partial charge on any atom is -0.422 e. The van der Waals surface area contributed by atoms with Crippen LogP contribution in [0.15, 0.2) is 36.0 Å². The summed E-state index contributed by atoms with van der Waals surface area (Å²) in [6, 6.07) is 6.42. The average molecular weight is 288 g/mol. The van der Waals surface area contributed by atoms with Crippen molar-refractivity contribution >= 4 is 35.0 Å². The number of para-hydroxylation sites is 1. The number of esters is 1. The van der Waals surface area contributed by atoms with Gasteiger partial charge in [-0.3, -0.25) is 14.5 Å². The topological polar surface area (TPSA) is 75.7 Å². The summed E-state index contributed by atoms with van der Waals surface area (Å²) in [6.45, 7) is 0.0441. The van der Waals surface area contributed by atoms with Gasteiger partial charge in [-0.2, -0.15) is 0 Å². The molecule has 1 amide bonds. The maximum atomic E-state index is 12.3. The van der Waals surface area contributed by atoms with Gasteiger partial charge in [-0.05, 0) is 24.4 Å². The predicted molar refractivity (Wildman–Crippen MR) is 71.9 cm³/mol. The van der Waals surface area contributed by atoms with Crippen LogP contribution in [0.1, 0.15) is 10.4 Å². The Hall–Kier alpha value is -2.54. The highest BCUT2D eigenvalue weighted by Gasteiger charge is 2.33. The van der Waals surface area contributed by atoms with Crippen molar-refractivity contribution in [1.82, 2.24) is 10.2 Å². The highest BCUT2D eigenvalue weighted by molar-refractivity contribution is 7.80. The van der Waals surface area contributed by atoms with Crippen LogP contribution in [-0.2, 0) is 9.59 Å².